The van der Waals surface area contributed by atoms with Gasteiger partial charge in [-0.05, 0) is 24.6 Å². The predicted octanol–water partition coefficient (Wildman–Crippen LogP) is 1.67. The fourth-order valence-corrected chi connectivity index (χ4v) is 2.36. The molecule has 1 aromatic carbocycles. The molecule has 4 nitrogen and oxygen atoms in total. The zero-order chi connectivity index (χ0) is 13.1. The number of amides is 1. The summed E-state index contributed by atoms with van der Waals surface area (Å²) < 4.78 is 22.8. The van der Waals surface area contributed by atoms with E-state index in [0.29, 0.717) is 0 Å². The van der Waals surface area contributed by atoms with Gasteiger partial charge in [0, 0.05) is 10.7 Å². The molecule has 0 saturated carbocycles. The van der Waals surface area contributed by atoms with Gasteiger partial charge in [0.25, 0.3) is 0 Å². The lowest BCUT2D eigenvalue weighted by Crippen LogP contribution is -2.32. The van der Waals surface area contributed by atoms with Crippen LogP contribution in [0, 0.1) is 0 Å². The summed E-state index contributed by atoms with van der Waals surface area (Å²) in [5.74, 6) is -0.967. The van der Waals surface area contributed by atoms with Crippen LogP contribution >= 0.6 is 15.9 Å². The van der Waals surface area contributed by atoms with Crippen molar-refractivity contribution in [3.05, 3.63) is 34.3 Å². The van der Waals surface area contributed by atoms with Crippen LogP contribution in [0.2, 0.25) is 0 Å². The largest absolute Gasteiger partial charge is 0.349 e. The van der Waals surface area contributed by atoms with Crippen molar-refractivity contribution in [2.45, 2.75) is 13.0 Å². The van der Waals surface area contributed by atoms with Crippen LogP contribution in [0.5, 0.6) is 0 Å². The number of halogens is 1. The van der Waals surface area contributed by atoms with Crippen molar-refractivity contribution < 1.29 is 13.2 Å². The van der Waals surface area contributed by atoms with Crippen LogP contribution in [0.1, 0.15) is 18.5 Å². The Bertz CT molecular complexity index is 513. The van der Waals surface area contributed by atoms with Gasteiger partial charge >= 0.3 is 0 Å². The van der Waals surface area contributed by atoms with Crippen LogP contribution in [0.25, 0.3) is 0 Å². The number of benzene rings is 1. The first-order chi connectivity index (χ1) is 7.78. The van der Waals surface area contributed by atoms with E-state index >= 15 is 0 Å². The first-order valence-corrected chi connectivity index (χ1v) is 7.86. The molecule has 0 heterocycles. The van der Waals surface area contributed by atoms with E-state index in [1.54, 1.807) is 0 Å². The minimum Gasteiger partial charge on any atom is -0.349 e. The van der Waals surface area contributed by atoms with Crippen LogP contribution in [0.3, 0.4) is 0 Å². The molecule has 0 fully saturated rings. The Morgan fingerprint density at radius 1 is 1.47 bits per heavy atom. The lowest BCUT2D eigenvalue weighted by Gasteiger charge is -2.14. The molecule has 1 atom stereocenters. The molecule has 0 aliphatic rings. The predicted molar refractivity (Wildman–Crippen MR) is 70.4 cm³/mol. The molecule has 0 aliphatic carbocycles. The van der Waals surface area contributed by atoms with Gasteiger partial charge < -0.3 is 5.32 Å². The van der Waals surface area contributed by atoms with Crippen LogP contribution in [-0.2, 0) is 14.6 Å². The van der Waals surface area contributed by atoms with Gasteiger partial charge in [-0.2, -0.15) is 0 Å². The highest BCUT2D eigenvalue weighted by molar-refractivity contribution is 9.10. The number of carbonyl (C=O) groups is 1. The highest BCUT2D eigenvalue weighted by atomic mass is 79.9. The van der Waals surface area contributed by atoms with Gasteiger partial charge in [0.2, 0.25) is 5.91 Å². The van der Waals surface area contributed by atoms with Crippen LogP contribution in [0.4, 0.5) is 0 Å². The van der Waals surface area contributed by atoms with Crippen LogP contribution < -0.4 is 5.32 Å². The van der Waals surface area contributed by atoms with Gasteiger partial charge in [-0.1, -0.05) is 28.1 Å². The Balaban J connectivity index is 2.67. The zero-order valence-electron chi connectivity index (χ0n) is 9.60. The van der Waals surface area contributed by atoms with E-state index in [1.807, 2.05) is 31.2 Å². The third kappa shape index (κ3) is 5.32. The molecule has 17 heavy (non-hydrogen) atoms. The second-order valence-corrected chi connectivity index (χ2v) is 6.97. The molecule has 0 aromatic heterocycles. The Morgan fingerprint density at radius 3 is 2.65 bits per heavy atom. The van der Waals surface area contributed by atoms with E-state index in [0.717, 1.165) is 16.3 Å². The van der Waals surface area contributed by atoms with Crippen molar-refractivity contribution in [2.75, 3.05) is 12.0 Å². The van der Waals surface area contributed by atoms with E-state index in [-0.39, 0.29) is 6.04 Å². The summed E-state index contributed by atoms with van der Waals surface area (Å²) >= 11 is 3.34. The maximum atomic E-state index is 11.4. The second kappa shape index (κ2) is 5.64. The number of rotatable bonds is 4. The normalized spacial score (nSPS) is 13.1. The van der Waals surface area contributed by atoms with Gasteiger partial charge in [0.05, 0.1) is 6.04 Å². The number of hydrogen-bond acceptors (Lipinski definition) is 3. The van der Waals surface area contributed by atoms with Gasteiger partial charge in [0.1, 0.15) is 5.75 Å². The summed E-state index contributed by atoms with van der Waals surface area (Å²) in [7, 11) is -3.28. The molecule has 1 N–H and O–H groups in total. The topological polar surface area (TPSA) is 63.2 Å². The first kappa shape index (κ1) is 14.2. The van der Waals surface area contributed by atoms with E-state index in [9.17, 15) is 13.2 Å². The number of sulfone groups is 1. The molecular formula is C11H14BrNO3S. The maximum absolute atomic E-state index is 11.4. The molecule has 94 valence electrons. The lowest BCUT2D eigenvalue weighted by molar-refractivity contribution is -0.119. The molecule has 1 rings (SSSR count). The third-order valence-corrected chi connectivity index (χ3v) is 3.40. The van der Waals surface area contributed by atoms with Crippen molar-refractivity contribution in [2.24, 2.45) is 0 Å². The van der Waals surface area contributed by atoms with E-state index < -0.39 is 21.5 Å². The summed E-state index contributed by atoms with van der Waals surface area (Å²) in [6, 6.07) is 7.27. The molecule has 0 radical (unpaired) electrons. The van der Waals surface area contributed by atoms with Crippen molar-refractivity contribution in [1.82, 2.24) is 5.32 Å². The van der Waals surface area contributed by atoms with E-state index in [1.165, 1.54) is 0 Å². The summed E-state index contributed by atoms with van der Waals surface area (Å²) in [6.07, 6.45) is 1.04. The molecule has 0 saturated heterocycles. The highest BCUT2D eigenvalue weighted by Gasteiger charge is 2.14. The summed E-state index contributed by atoms with van der Waals surface area (Å²) in [5.41, 5.74) is 0.918. The Hall–Kier alpha value is -0.880. The number of hydrogen-bond donors (Lipinski definition) is 1. The molecule has 1 amide bonds. The fraction of sp³-hybridized carbons (Fsp3) is 0.364. The van der Waals surface area contributed by atoms with Crippen molar-refractivity contribution in [3.8, 4) is 0 Å². The quantitative estimate of drug-likeness (QED) is 0.918. The number of carbonyl (C=O) groups excluding carboxylic acids is 1. The van der Waals surface area contributed by atoms with Gasteiger partial charge in [-0.3, -0.25) is 4.79 Å². The van der Waals surface area contributed by atoms with E-state index in [2.05, 4.69) is 21.2 Å². The van der Waals surface area contributed by atoms with Crippen molar-refractivity contribution in [3.63, 3.8) is 0 Å². The minimum absolute atomic E-state index is 0.221. The Morgan fingerprint density at radius 2 is 2.12 bits per heavy atom. The SMILES string of the molecule is CC(NC(=O)CS(C)(=O)=O)c1cccc(Br)c1. The standard InChI is InChI=1S/C11H14BrNO3S/c1-8(9-4-3-5-10(12)6-9)13-11(14)7-17(2,15)16/h3-6,8H,7H2,1-2H3,(H,13,14). The van der Waals surface area contributed by atoms with Gasteiger partial charge in [-0.15, -0.1) is 0 Å². The molecular weight excluding hydrogens is 306 g/mol. The average Bonchev–Trinajstić information content (AvgIpc) is 2.14. The average molecular weight is 320 g/mol. The van der Waals surface area contributed by atoms with Crippen molar-refractivity contribution in [1.29, 1.82) is 0 Å². The molecule has 0 spiro atoms. The van der Waals surface area contributed by atoms with Crippen LogP contribution in [0.15, 0.2) is 28.7 Å². The van der Waals surface area contributed by atoms with Gasteiger partial charge in [-0.25, -0.2) is 8.42 Å². The first-order valence-electron chi connectivity index (χ1n) is 5.00. The Kier molecular flexibility index (Phi) is 4.70. The molecule has 0 bridgehead atoms. The number of nitrogens with one attached hydrogen (secondary N) is 1. The van der Waals surface area contributed by atoms with Crippen LogP contribution in [-0.4, -0.2) is 26.3 Å². The van der Waals surface area contributed by atoms with Gasteiger partial charge in [0.15, 0.2) is 9.84 Å². The smallest absolute Gasteiger partial charge is 0.235 e. The minimum atomic E-state index is -3.28. The lowest BCUT2D eigenvalue weighted by atomic mass is 10.1. The third-order valence-electron chi connectivity index (χ3n) is 2.12. The van der Waals surface area contributed by atoms with E-state index in [4.69, 9.17) is 0 Å². The summed E-state index contributed by atoms with van der Waals surface area (Å²) in [6.45, 7) is 1.81. The molecule has 6 heteroatoms. The summed E-state index contributed by atoms with van der Waals surface area (Å²) in [5, 5.41) is 2.64. The zero-order valence-corrected chi connectivity index (χ0v) is 12.0. The van der Waals surface area contributed by atoms with Crippen molar-refractivity contribution >= 4 is 31.7 Å². The molecule has 0 aliphatic heterocycles. The monoisotopic (exact) mass is 319 g/mol. The Labute approximate surface area is 109 Å². The molecule has 1 unspecified atom stereocenters. The molecule has 1 aromatic rings. The highest BCUT2D eigenvalue weighted by Crippen LogP contribution is 2.17. The summed E-state index contributed by atoms with van der Waals surface area (Å²) in [4.78, 5) is 11.4. The fourth-order valence-electron chi connectivity index (χ4n) is 1.38. The second-order valence-electron chi connectivity index (χ2n) is 3.91. The maximum Gasteiger partial charge on any atom is 0.235 e.